The highest BCUT2D eigenvalue weighted by Gasteiger charge is 2.47. The summed E-state index contributed by atoms with van der Waals surface area (Å²) in [6.45, 7) is 20.5. The van der Waals surface area contributed by atoms with Crippen molar-refractivity contribution in [2.45, 2.75) is 133 Å². The zero-order valence-electron chi connectivity index (χ0n) is 45.4. The summed E-state index contributed by atoms with van der Waals surface area (Å²) in [6.07, 6.45) is 13.7. The number of rotatable bonds is 19. The first-order valence-corrected chi connectivity index (χ1v) is 22.7. The number of nitrogens with one attached hydrogen (secondary N) is 1. The van der Waals surface area contributed by atoms with E-state index in [1.54, 1.807) is 13.0 Å². The number of H-pyrrole nitrogens is 1. The van der Waals surface area contributed by atoms with Crippen molar-refractivity contribution in [2.24, 2.45) is 38.6 Å². The van der Waals surface area contributed by atoms with Gasteiger partial charge in [0.1, 0.15) is 18.3 Å². The predicted octanol–water partition coefficient (Wildman–Crippen LogP) is 11.5. The zero-order valence-corrected chi connectivity index (χ0v) is 39.4. The molecule has 0 amide bonds. The highest BCUT2D eigenvalue weighted by Crippen LogP contribution is 2.47. The fourth-order valence-corrected chi connectivity index (χ4v) is 8.83. The van der Waals surface area contributed by atoms with Gasteiger partial charge in [-0.2, -0.15) is 0 Å². The number of hydrogen-bond acceptors (Lipinski definition) is 8. The molecule has 0 saturated carbocycles. The quantitative estimate of drug-likeness (QED) is 0.0813. The molecule has 6 rings (SSSR count). The summed E-state index contributed by atoms with van der Waals surface area (Å²) in [5.41, 5.74) is 11.2. The fraction of sp³-hybridized carbons (Fsp3) is 0.473. The number of esters is 2. The maximum atomic E-state index is 13.6. The summed E-state index contributed by atoms with van der Waals surface area (Å²) >= 11 is 0. The van der Waals surface area contributed by atoms with Crippen LogP contribution in [0.1, 0.15) is 146 Å². The van der Waals surface area contributed by atoms with Gasteiger partial charge in [-0.15, -0.1) is 0 Å². The number of aliphatic imine (C=N–C) groups is 3. The molecule has 8 bridgehead atoms. The highest BCUT2D eigenvalue weighted by atomic mass is 16.5. The molecular weight excluding hydrogens is 797 g/mol. The Kier molecular flexibility index (Phi) is 13.1. The number of methoxy groups -OCH3 is 1. The Bertz CT molecular complexity index is 2820. The second-order valence-corrected chi connectivity index (χ2v) is 17.6. The van der Waals surface area contributed by atoms with E-state index in [4.69, 9.17) is 32.7 Å². The van der Waals surface area contributed by atoms with Crippen LogP contribution in [0.2, 0.25) is 0 Å². The van der Waals surface area contributed by atoms with E-state index in [0.29, 0.717) is 76.4 Å². The Hall–Kier alpha value is -5.57. The average Bonchev–Trinajstić information content (AvgIpc) is 4.06. The minimum atomic E-state index is -1.49. The summed E-state index contributed by atoms with van der Waals surface area (Å²) in [6, 6.07) is 0. The van der Waals surface area contributed by atoms with E-state index in [2.05, 4.69) is 25.4 Å². The van der Waals surface area contributed by atoms with Crippen LogP contribution >= 0.6 is 0 Å². The molecule has 4 atom stereocenters. The van der Waals surface area contributed by atoms with E-state index in [9.17, 15) is 14.7 Å². The SMILES string of the molecule is [2H]C([2H])C(C)CCC([2H])([2H])C(C)CCC([2H])([2H])C(C)CCC/C(C)=C/COC(=O)/C=C/C1=C(C)C2=NC1=C1C3=NC(=C(C)C3=C(O)[C@@H]1C(=O)OC)C=C1N=C(C=c3[nH]c(c(C)c3C=C)=C2)C(C)=C1CC. The van der Waals surface area contributed by atoms with Gasteiger partial charge in [-0.05, 0) is 130 Å². The van der Waals surface area contributed by atoms with Gasteiger partial charge in [-0.1, -0.05) is 97.6 Å². The number of ether oxygens (including phenoxy) is 2. The van der Waals surface area contributed by atoms with Crippen molar-refractivity contribution in [1.29, 1.82) is 0 Å². The van der Waals surface area contributed by atoms with E-state index in [0.717, 1.165) is 62.8 Å². The van der Waals surface area contributed by atoms with E-state index in [1.807, 2.05) is 71.9 Å². The van der Waals surface area contributed by atoms with Gasteiger partial charge in [0, 0.05) is 47.3 Å². The van der Waals surface area contributed by atoms with Crippen LogP contribution in [0, 0.1) is 30.6 Å². The van der Waals surface area contributed by atoms with Crippen LogP contribution in [0.5, 0.6) is 0 Å². The Morgan fingerprint density at radius 1 is 0.953 bits per heavy atom. The van der Waals surface area contributed by atoms with Gasteiger partial charge >= 0.3 is 11.9 Å². The monoisotopic (exact) mass is 873 g/mol. The van der Waals surface area contributed by atoms with Crippen molar-refractivity contribution in [1.82, 2.24) is 4.98 Å². The molecule has 9 nitrogen and oxygen atoms in total. The molecule has 0 saturated heterocycles. The highest BCUT2D eigenvalue weighted by molar-refractivity contribution is 6.28. The number of hydrogen-bond donors (Lipinski definition) is 2. The van der Waals surface area contributed by atoms with Crippen LogP contribution < -0.4 is 10.7 Å². The lowest BCUT2D eigenvalue weighted by Crippen LogP contribution is -2.20. The molecule has 5 aliphatic rings. The normalized spacial score (nSPS) is 21.7. The van der Waals surface area contributed by atoms with E-state index < -0.39 is 37.5 Å². The second-order valence-electron chi connectivity index (χ2n) is 17.6. The molecule has 5 heterocycles. The Labute approximate surface area is 389 Å². The first-order valence-electron chi connectivity index (χ1n) is 25.9. The van der Waals surface area contributed by atoms with Gasteiger partial charge < -0.3 is 19.6 Å². The van der Waals surface area contributed by atoms with Gasteiger partial charge in [0.15, 0.2) is 0 Å². The molecule has 0 aromatic carbocycles. The number of aromatic amines is 1. The lowest BCUT2D eigenvalue weighted by Gasteiger charge is -2.15. The molecule has 1 aromatic heterocycles. The van der Waals surface area contributed by atoms with Gasteiger partial charge in [-0.3, -0.25) is 4.79 Å². The topological polar surface area (TPSA) is 126 Å². The summed E-state index contributed by atoms with van der Waals surface area (Å²) in [5, 5.41) is 13.5. The molecule has 4 aliphatic heterocycles. The molecule has 0 spiro atoms. The van der Waals surface area contributed by atoms with Crippen LogP contribution in [0.3, 0.4) is 0 Å². The minimum Gasteiger partial charge on any atom is -0.510 e. The first-order chi connectivity index (χ1) is 33.0. The number of fused-ring (bicyclic) bond motifs is 5. The summed E-state index contributed by atoms with van der Waals surface area (Å²) in [5.74, 6) is -3.49. The second kappa shape index (κ2) is 21.0. The molecule has 2 N–H and O–H groups in total. The van der Waals surface area contributed by atoms with E-state index in [-0.39, 0.29) is 43.0 Å². The van der Waals surface area contributed by atoms with Crippen molar-refractivity contribution >= 4 is 47.3 Å². The van der Waals surface area contributed by atoms with Gasteiger partial charge in [0.05, 0.1) is 41.3 Å². The molecule has 3 unspecified atom stereocenters. The number of nitrogens with zero attached hydrogens (tertiary/aromatic N) is 3. The molecule has 64 heavy (non-hydrogen) atoms. The number of allylic oxidation sites excluding steroid dienone is 8. The first kappa shape index (κ1) is 40.0. The third-order valence-electron chi connectivity index (χ3n) is 12.8. The van der Waals surface area contributed by atoms with Gasteiger partial charge in [0.2, 0.25) is 0 Å². The van der Waals surface area contributed by atoms with Crippen LogP contribution in [0.15, 0.2) is 113 Å². The summed E-state index contributed by atoms with van der Waals surface area (Å²) < 4.78 is 60.6. The number of aliphatic hydroxyl groups excluding tert-OH is 1. The average molecular weight is 873 g/mol. The molecule has 9 heteroatoms. The standard InChI is InChI=1S/C55H70N4O5/c1-13-39-35(8)42-28-44-37(10)41(24-25-48(60)64-27-26-34(7)23-17-22-33(6)21-16-20-32(5)19-15-18-31(3)4)52(58-44)50-51(55(62)63-12)54(61)49-38(11)45(59-53(49)50)30-47-40(14-2)36(9)43(57-47)29-46(39)56-42/h13,24-26,28-33,51,56,61H,1,14-23,27H2,2-12H3/b25-24+,34-26+,42-28?,46-29?,47-30?,52-50?/t32?,33?,51-/m1/s1/i3D2,19D2,21D2/t31?,32?,33?,51-. The third-order valence-corrected chi connectivity index (χ3v) is 12.8. The fourth-order valence-electron chi connectivity index (χ4n) is 8.83. The summed E-state index contributed by atoms with van der Waals surface area (Å²) in [7, 11) is 1.27. The van der Waals surface area contributed by atoms with Gasteiger partial charge in [0.25, 0.3) is 0 Å². The zero-order chi connectivity index (χ0) is 51.6. The molecule has 0 fully saturated rings. The lowest BCUT2D eigenvalue weighted by atomic mass is 9.91. The van der Waals surface area contributed by atoms with Crippen LogP contribution in [-0.4, -0.2) is 52.9 Å². The van der Waals surface area contributed by atoms with Gasteiger partial charge in [-0.25, -0.2) is 19.8 Å². The Morgan fingerprint density at radius 3 is 2.33 bits per heavy atom. The summed E-state index contributed by atoms with van der Waals surface area (Å²) in [4.78, 5) is 45.8. The van der Waals surface area contributed by atoms with Crippen LogP contribution in [0.4, 0.5) is 0 Å². The maximum absolute atomic E-state index is 13.6. The molecular formula is C55H70N4O5. The Morgan fingerprint density at radius 2 is 1.64 bits per heavy atom. The number of aromatic nitrogens is 1. The number of aliphatic hydroxyl groups is 1. The smallest absolute Gasteiger partial charge is 0.331 e. The molecule has 340 valence electrons. The van der Waals surface area contributed by atoms with E-state index in [1.165, 1.54) is 13.2 Å². The third kappa shape index (κ3) is 10.3. The minimum absolute atomic E-state index is 0.0262. The number of carbonyl (C=O) groups is 2. The largest absolute Gasteiger partial charge is 0.510 e. The predicted molar refractivity (Wildman–Crippen MR) is 263 cm³/mol. The molecule has 1 aliphatic carbocycles. The van der Waals surface area contributed by atoms with Crippen molar-refractivity contribution in [3.8, 4) is 0 Å². The van der Waals surface area contributed by atoms with Crippen molar-refractivity contribution < 1.29 is 32.4 Å². The Balaban J connectivity index is 1.21. The maximum Gasteiger partial charge on any atom is 0.331 e. The van der Waals surface area contributed by atoms with Crippen LogP contribution in [-0.2, 0) is 19.1 Å². The lowest BCUT2D eigenvalue weighted by molar-refractivity contribution is -0.143. The van der Waals surface area contributed by atoms with Crippen molar-refractivity contribution in [2.75, 3.05) is 13.7 Å². The van der Waals surface area contributed by atoms with Crippen LogP contribution in [0.25, 0.3) is 18.2 Å². The van der Waals surface area contributed by atoms with Crippen molar-refractivity contribution in [3.63, 3.8) is 0 Å². The number of carbonyl (C=O) groups excluding carboxylic acids is 2. The molecule has 1 aromatic rings. The van der Waals surface area contributed by atoms with E-state index >= 15 is 0 Å². The van der Waals surface area contributed by atoms with Crippen molar-refractivity contribution in [3.05, 3.63) is 120 Å². The molecule has 0 radical (unpaired) electrons.